The van der Waals surface area contributed by atoms with Gasteiger partial charge in [0.25, 0.3) is 0 Å². The average molecular weight is 440 g/mol. The minimum Gasteiger partial charge on any atom is -0.377 e. The fraction of sp³-hybridized carbons (Fsp3) is 0.476. The maximum Gasteiger partial charge on any atom is 0.163 e. The molecule has 0 aromatic carbocycles. The van der Waals surface area contributed by atoms with Crippen LogP contribution in [0, 0.1) is 0 Å². The van der Waals surface area contributed by atoms with Crippen LogP contribution < -0.4 is 0 Å². The SMILES string of the molecule is Cn1cc(-c2ccc3ncc(C(C)(O)C4=NC(COCC[Si](C)(C)C)N=C4)n3n2)cn1. The Hall–Kier alpha value is -2.69. The van der Waals surface area contributed by atoms with Crippen LogP contribution in [-0.4, -0.2) is 68.9 Å². The molecule has 4 heterocycles. The van der Waals surface area contributed by atoms with Crippen LogP contribution in [0.3, 0.4) is 0 Å². The number of hydrogen-bond acceptors (Lipinski definition) is 7. The van der Waals surface area contributed by atoms with E-state index in [2.05, 4.69) is 44.8 Å². The van der Waals surface area contributed by atoms with Gasteiger partial charge in [0.2, 0.25) is 0 Å². The van der Waals surface area contributed by atoms with Gasteiger partial charge in [-0.2, -0.15) is 10.2 Å². The minimum atomic E-state index is -1.39. The molecule has 0 saturated carbocycles. The van der Waals surface area contributed by atoms with E-state index in [1.54, 1.807) is 34.7 Å². The molecule has 0 radical (unpaired) electrons. The Labute approximate surface area is 182 Å². The highest BCUT2D eigenvalue weighted by molar-refractivity contribution is 6.76. The molecule has 2 atom stereocenters. The molecule has 0 fully saturated rings. The molecule has 10 heteroatoms. The first-order chi connectivity index (χ1) is 14.6. The van der Waals surface area contributed by atoms with Crippen molar-refractivity contribution in [3.8, 4) is 11.3 Å². The summed E-state index contributed by atoms with van der Waals surface area (Å²) in [6, 6.07) is 4.86. The van der Waals surface area contributed by atoms with Crippen molar-refractivity contribution in [1.82, 2.24) is 24.4 Å². The number of hydrogen-bond donors (Lipinski definition) is 1. The number of ether oxygens (including phenoxy) is 1. The summed E-state index contributed by atoms with van der Waals surface area (Å²) < 4.78 is 9.15. The second-order valence-electron chi connectivity index (χ2n) is 9.27. The molecule has 1 aliphatic rings. The van der Waals surface area contributed by atoms with E-state index in [0.29, 0.717) is 23.7 Å². The smallest absolute Gasteiger partial charge is 0.163 e. The Balaban J connectivity index is 1.54. The third-order valence-electron chi connectivity index (χ3n) is 5.28. The molecule has 164 valence electrons. The molecule has 0 spiro atoms. The fourth-order valence-corrected chi connectivity index (χ4v) is 4.08. The summed E-state index contributed by atoms with van der Waals surface area (Å²) in [5.74, 6) is 0. The third-order valence-corrected chi connectivity index (χ3v) is 6.98. The summed E-state index contributed by atoms with van der Waals surface area (Å²) in [4.78, 5) is 13.4. The zero-order chi connectivity index (χ0) is 22.2. The lowest BCUT2D eigenvalue weighted by atomic mass is 9.97. The quantitative estimate of drug-likeness (QED) is 0.429. The zero-order valence-electron chi connectivity index (χ0n) is 18.6. The lowest BCUT2D eigenvalue weighted by Gasteiger charge is -2.21. The van der Waals surface area contributed by atoms with E-state index in [0.717, 1.165) is 23.9 Å². The summed E-state index contributed by atoms with van der Waals surface area (Å²) in [5.41, 5.74) is 1.88. The number of fused-ring (bicyclic) bond motifs is 1. The van der Waals surface area contributed by atoms with E-state index in [4.69, 9.17) is 4.74 Å². The van der Waals surface area contributed by atoms with Gasteiger partial charge in [-0.1, -0.05) is 19.6 Å². The highest BCUT2D eigenvalue weighted by atomic mass is 28.3. The average Bonchev–Trinajstić information content (AvgIpc) is 3.43. The van der Waals surface area contributed by atoms with Crippen LogP contribution in [0.15, 0.2) is 40.7 Å². The van der Waals surface area contributed by atoms with Gasteiger partial charge in [0, 0.05) is 39.7 Å². The summed E-state index contributed by atoms with van der Waals surface area (Å²) in [5, 5.41) is 20.2. The first kappa shape index (κ1) is 21.5. The summed E-state index contributed by atoms with van der Waals surface area (Å²) in [6.07, 6.45) is 6.56. The number of rotatable bonds is 8. The van der Waals surface area contributed by atoms with Crippen LogP contribution in [-0.2, 0) is 17.4 Å². The van der Waals surface area contributed by atoms with Crippen molar-refractivity contribution in [3.63, 3.8) is 0 Å². The second kappa shape index (κ2) is 8.10. The topological polar surface area (TPSA) is 102 Å². The maximum atomic E-state index is 11.4. The van der Waals surface area contributed by atoms with Crippen molar-refractivity contribution in [2.75, 3.05) is 13.2 Å². The van der Waals surface area contributed by atoms with Crippen LogP contribution in [0.5, 0.6) is 0 Å². The van der Waals surface area contributed by atoms with Crippen LogP contribution >= 0.6 is 0 Å². The predicted molar refractivity (Wildman–Crippen MR) is 123 cm³/mol. The summed E-state index contributed by atoms with van der Waals surface area (Å²) in [7, 11) is 0.730. The fourth-order valence-electron chi connectivity index (χ4n) is 3.33. The van der Waals surface area contributed by atoms with Crippen LogP contribution in [0.4, 0.5) is 0 Å². The van der Waals surface area contributed by atoms with Crippen molar-refractivity contribution in [1.29, 1.82) is 0 Å². The molecule has 0 saturated heterocycles. The normalized spacial score (nSPS) is 18.5. The number of aliphatic imine (C=N–C) groups is 2. The second-order valence-corrected chi connectivity index (χ2v) is 14.9. The first-order valence-corrected chi connectivity index (χ1v) is 14.1. The molecular weight excluding hydrogens is 410 g/mol. The van der Waals surface area contributed by atoms with Gasteiger partial charge in [-0.25, -0.2) is 9.50 Å². The molecule has 2 unspecified atom stereocenters. The van der Waals surface area contributed by atoms with Gasteiger partial charge >= 0.3 is 0 Å². The van der Waals surface area contributed by atoms with E-state index in [-0.39, 0.29) is 6.17 Å². The van der Waals surface area contributed by atoms with Gasteiger partial charge in [0.05, 0.1) is 30.4 Å². The van der Waals surface area contributed by atoms with Crippen LogP contribution in [0.2, 0.25) is 25.7 Å². The lowest BCUT2D eigenvalue weighted by Crippen LogP contribution is -2.34. The highest BCUT2D eigenvalue weighted by Gasteiger charge is 2.35. The van der Waals surface area contributed by atoms with E-state index < -0.39 is 13.7 Å². The number of aromatic nitrogens is 5. The van der Waals surface area contributed by atoms with Crippen molar-refractivity contribution < 1.29 is 9.84 Å². The molecule has 1 N–H and O–H groups in total. The predicted octanol–water partition coefficient (Wildman–Crippen LogP) is 2.54. The molecule has 3 aromatic rings. The van der Waals surface area contributed by atoms with Gasteiger partial charge in [0.15, 0.2) is 11.8 Å². The first-order valence-electron chi connectivity index (χ1n) is 10.4. The Kier molecular flexibility index (Phi) is 5.63. The van der Waals surface area contributed by atoms with E-state index in [1.165, 1.54) is 0 Å². The molecule has 1 aliphatic heterocycles. The largest absolute Gasteiger partial charge is 0.377 e. The maximum absolute atomic E-state index is 11.4. The molecule has 31 heavy (non-hydrogen) atoms. The van der Waals surface area contributed by atoms with Gasteiger partial charge in [-0.15, -0.1) is 0 Å². The molecular formula is C21H29N7O2Si. The van der Waals surface area contributed by atoms with Gasteiger partial charge in [0.1, 0.15) is 11.3 Å². The molecule has 9 nitrogen and oxygen atoms in total. The Morgan fingerprint density at radius 2 is 2.03 bits per heavy atom. The zero-order valence-corrected chi connectivity index (χ0v) is 19.6. The lowest BCUT2D eigenvalue weighted by molar-refractivity contribution is 0.124. The summed E-state index contributed by atoms with van der Waals surface area (Å²) >= 11 is 0. The standard InChI is InChI=1S/C21H29N7O2Si/c1-21(29,17-11-22-19(25-17)14-30-8-9-31(3,4)5)18-12-23-20-7-6-16(26-28(18)20)15-10-24-27(2)13-15/h6-7,10-13,19,29H,8-9,14H2,1-5H3. The van der Waals surface area contributed by atoms with Gasteiger partial charge in [-0.05, 0) is 25.1 Å². The monoisotopic (exact) mass is 439 g/mol. The minimum absolute atomic E-state index is 0.332. The van der Waals surface area contributed by atoms with Crippen LogP contribution in [0.1, 0.15) is 12.6 Å². The Bertz CT molecular complexity index is 1140. The molecule has 4 rings (SSSR count). The number of imidazole rings is 1. The molecule has 3 aromatic heterocycles. The molecule has 0 aliphatic carbocycles. The van der Waals surface area contributed by atoms with Crippen LogP contribution in [0.25, 0.3) is 16.9 Å². The van der Waals surface area contributed by atoms with Gasteiger partial charge < -0.3 is 9.84 Å². The number of aryl methyl sites for hydroxylation is 1. The third kappa shape index (κ3) is 4.65. The number of aliphatic hydroxyl groups is 1. The van der Waals surface area contributed by atoms with Crippen molar-refractivity contribution >= 4 is 25.6 Å². The molecule has 0 bridgehead atoms. The Morgan fingerprint density at radius 3 is 2.74 bits per heavy atom. The highest BCUT2D eigenvalue weighted by Crippen LogP contribution is 2.26. The Morgan fingerprint density at radius 1 is 1.23 bits per heavy atom. The van der Waals surface area contributed by atoms with E-state index >= 15 is 0 Å². The summed E-state index contributed by atoms with van der Waals surface area (Å²) in [6.45, 7) is 9.78. The van der Waals surface area contributed by atoms with Crippen molar-refractivity contribution in [3.05, 3.63) is 36.4 Å². The van der Waals surface area contributed by atoms with Gasteiger partial charge in [-0.3, -0.25) is 14.7 Å². The number of nitrogens with zero attached hydrogens (tertiary/aromatic N) is 7. The van der Waals surface area contributed by atoms with Crippen molar-refractivity contribution in [2.45, 2.75) is 44.4 Å². The van der Waals surface area contributed by atoms with E-state index in [9.17, 15) is 5.11 Å². The molecule has 0 amide bonds. The van der Waals surface area contributed by atoms with Crippen molar-refractivity contribution in [2.24, 2.45) is 17.0 Å². The van der Waals surface area contributed by atoms with E-state index in [1.807, 2.05) is 25.4 Å².